The molecule has 1 atom stereocenters. The highest BCUT2D eigenvalue weighted by Crippen LogP contribution is 2.34. The summed E-state index contributed by atoms with van der Waals surface area (Å²) in [5.41, 5.74) is 1.86. The monoisotopic (exact) mass is 438 g/mol. The zero-order chi connectivity index (χ0) is 22.7. The molecule has 32 heavy (non-hydrogen) atoms. The van der Waals surface area contributed by atoms with Gasteiger partial charge in [0.15, 0.2) is 5.82 Å². The van der Waals surface area contributed by atoms with Crippen molar-refractivity contribution in [3.05, 3.63) is 65.7 Å². The van der Waals surface area contributed by atoms with Crippen LogP contribution in [0.5, 0.6) is 5.75 Å². The fraction of sp³-hybridized carbons (Fsp3) is 0.458. The smallest absolute Gasteiger partial charge is 0.173 e. The summed E-state index contributed by atoms with van der Waals surface area (Å²) in [5.74, 6) is 1.42. The molecular formula is C24H31FN6O. The molecule has 2 heterocycles. The Hall–Kier alpha value is -3.00. The number of nitrogens with zero attached hydrogens (tertiary/aromatic N) is 6. The van der Waals surface area contributed by atoms with Crippen LogP contribution in [0.3, 0.4) is 0 Å². The largest absolute Gasteiger partial charge is 0.495 e. The number of aromatic nitrogens is 4. The van der Waals surface area contributed by atoms with Crippen LogP contribution in [0, 0.1) is 5.82 Å². The molecule has 1 saturated heterocycles. The zero-order valence-corrected chi connectivity index (χ0v) is 19.2. The van der Waals surface area contributed by atoms with Gasteiger partial charge in [-0.05, 0) is 60.5 Å². The van der Waals surface area contributed by atoms with Gasteiger partial charge >= 0.3 is 0 Å². The third-order valence-corrected chi connectivity index (χ3v) is 6.47. The molecule has 0 unspecified atom stereocenters. The van der Waals surface area contributed by atoms with Crippen molar-refractivity contribution in [1.82, 2.24) is 25.1 Å². The lowest BCUT2D eigenvalue weighted by atomic mass is 9.99. The van der Waals surface area contributed by atoms with Crippen LogP contribution >= 0.6 is 0 Å². The van der Waals surface area contributed by atoms with E-state index in [-0.39, 0.29) is 17.4 Å². The third kappa shape index (κ3) is 4.32. The first-order valence-electron chi connectivity index (χ1n) is 11.1. The lowest BCUT2D eigenvalue weighted by Gasteiger charge is -2.40. The first-order chi connectivity index (χ1) is 15.4. The number of benzene rings is 2. The van der Waals surface area contributed by atoms with Crippen molar-refractivity contribution in [2.45, 2.75) is 38.8 Å². The van der Waals surface area contributed by atoms with Crippen molar-refractivity contribution >= 4 is 5.69 Å². The minimum atomic E-state index is -0.248. The molecule has 170 valence electrons. The van der Waals surface area contributed by atoms with E-state index >= 15 is 0 Å². The molecule has 2 aromatic carbocycles. The minimum absolute atomic E-state index is 0.156. The van der Waals surface area contributed by atoms with Gasteiger partial charge in [0.1, 0.15) is 11.6 Å². The first kappa shape index (κ1) is 22.2. The van der Waals surface area contributed by atoms with Crippen molar-refractivity contribution in [3.63, 3.8) is 0 Å². The highest BCUT2D eigenvalue weighted by atomic mass is 19.1. The molecule has 1 fully saturated rings. The van der Waals surface area contributed by atoms with Crippen molar-refractivity contribution < 1.29 is 9.13 Å². The highest BCUT2D eigenvalue weighted by molar-refractivity contribution is 5.58. The fourth-order valence-corrected chi connectivity index (χ4v) is 4.23. The second-order valence-corrected chi connectivity index (χ2v) is 8.76. The van der Waals surface area contributed by atoms with Crippen molar-refractivity contribution in [3.8, 4) is 5.75 Å². The predicted octanol–water partition coefficient (Wildman–Crippen LogP) is 3.88. The maximum Gasteiger partial charge on any atom is 0.173 e. The van der Waals surface area contributed by atoms with E-state index in [0.29, 0.717) is 0 Å². The van der Waals surface area contributed by atoms with Gasteiger partial charge < -0.3 is 9.64 Å². The van der Waals surface area contributed by atoms with Gasteiger partial charge in [-0.3, -0.25) is 4.90 Å². The van der Waals surface area contributed by atoms with Gasteiger partial charge in [-0.15, -0.1) is 5.10 Å². The van der Waals surface area contributed by atoms with Gasteiger partial charge in [0.25, 0.3) is 0 Å². The lowest BCUT2D eigenvalue weighted by Crippen LogP contribution is -2.49. The summed E-state index contributed by atoms with van der Waals surface area (Å²) in [6.07, 6.45) is 0.892. The number of methoxy groups -OCH3 is 1. The summed E-state index contributed by atoms with van der Waals surface area (Å²) in [5, 5.41) is 12.8. The van der Waals surface area contributed by atoms with Crippen LogP contribution < -0.4 is 9.64 Å². The SMILES string of the molecule is CCC(C)(C)n1nnnc1[C@@H](c1ccc(F)cc1)N1CCN(c2ccccc2OC)CC1. The first-order valence-corrected chi connectivity index (χ1v) is 11.1. The maximum absolute atomic E-state index is 13.7. The Balaban J connectivity index is 1.64. The molecule has 3 aromatic rings. The Morgan fingerprint density at radius 1 is 1.03 bits per heavy atom. The molecular weight excluding hydrogens is 407 g/mol. The summed E-state index contributed by atoms with van der Waals surface area (Å²) < 4.78 is 21.2. The van der Waals surface area contributed by atoms with Crippen molar-refractivity contribution in [1.29, 1.82) is 0 Å². The Morgan fingerprint density at radius 3 is 2.38 bits per heavy atom. The van der Waals surface area contributed by atoms with Gasteiger partial charge in [-0.2, -0.15) is 0 Å². The van der Waals surface area contributed by atoms with E-state index in [0.717, 1.165) is 55.4 Å². The molecule has 0 aliphatic carbocycles. The number of piperazine rings is 1. The predicted molar refractivity (Wildman–Crippen MR) is 122 cm³/mol. The molecule has 0 radical (unpaired) electrons. The average Bonchev–Trinajstić information content (AvgIpc) is 3.31. The third-order valence-electron chi connectivity index (χ3n) is 6.47. The van der Waals surface area contributed by atoms with Crippen LogP contribution in [0.15, 0.2) is 48.5 Å². The lowest BCUT2D eigenvalue weighted by molar-refractivity contribution is 0.187. The second kappa shape index (κ2) is 9.24. The molecule has 1 aromatic heterocycles. The van der Waals surface area contributed by atoms with E-state index in [9.17, 15) is 4.39 Å². The molecule has 0 saturated carbocycles. The van der Waals surface area contributed by atoms with Crippen LogP contribution in [-0.4, -0.2) is 58.4 Å². The molecule has 8 heteroatoms. The van der Waals surface area contributed by atoms with Gasteiger partial charge in [0.2, 0.25) is 0 Å². The van der Waals surface area contributed by atoms with Crippen LogP contribution in [-0.2, 0) is 5.54 Å². The summed E-state index contributed by atoms with van der Waals surface area (Å²) >= 11 is 0. The second-order valence-electron chi connectivity index (χ2n) is 8.76. The van der Waals surface area contributed by atoms with E-state index in [1.165, 1.54) is 12.1 Å². The average molecular weight is 439 g/mol. The zero-order valence-electron chi connectivity index (χ0n) is 19.2. The molecule has 4 rings (SSSR count). The Kier molecular flexibility index (Phi) is 6.41. The normalized spacial score (nSPS) is 16.2. The number of anilines is 1. The van der Waals surface area contributed by atoms with Gasteiger partial charge in [0.05, 0.1) is 24.4 Å². The van der Waals surface area contributed by atoms with Crippen molar-refractivity contribution in [2.75, 3.05) is 38.2 Å². The Morgan fingerprint density at radius 2 is 1.72 bits per heavy atom. The van der Waals surface area contributed by atoms with Crippen LogP contribution in [0.4, 0.5) is 10.1 Å². The maximum atomic E-state index is 13.7. The van der Waals surface area contributed by atoms with Crippen LogP contribution in [0.25, 0.3) is 0 Å². The summed E-state index contributed by atoms with van der Waals surface area (Å²) in [6.45, 7) is 9.72. The van der Waals surface area contributed by atoms with E-state index in [4.69, 9.17) is 4.74 Å². The van der Waals surface area contributed by atoms with Crippen molar-refractivity contribution in [2.24, 2.45) is 0 Å². The Labute approximate surface area is 188 Å². The molecule has 7 nitrogen and oxygen atoms in total. The van der Waals surface area contributed by atoms with Gasteiger partial charge in [0, 0.05) is 26.2 Å². The fourth-order valence-electron chi connectivity index (χ4n) is 4.23. The minimum Gasteiger partial charge on any atom is -0.495 e. The quantitative estimate of drug-likeness (QED) is 0.558. The van der Waals surface area contributed by atoms with E-state index in [1.54, 1.807) is 7.11 Å². The number of rotatable bonds is 7. The highest BCUT2D eigenvalue weighted by Gasteiger charge is 2.34. The summed E-state index contributed by atoms with van der Waals surface area (Å²) in [4.78, 5) is 4.73. The van der Waals surface area contributed by atoms with Crippen LogP contribution in [0.2, 0.25) is 0 Å². The van der Waals surface area contributed by atoms with E-state index in [2.05, 4.69) is 52.2 Å². The standard InChI is InChI=1S/C24H31FN6O/c1-5-24(2,3)31-23(26-27-28-31)22(18-10-12-19(25)13-11-18)30-16-14-29(15-17-30)20-8-6-7-9-21(20)32-4/h6-13,22H,5,14-17H2,1-4H3/t22-/m1/s1. The van der Waals surface area contributed by atoms with Crippen LogP contribution in [0.1, 0.15) is 44.6 Å². The molecule has 0 spiro atoms. The van der Waals surface area contributed by atoms with E-state index in [1.807, 2.05) is 35.0 Å². The Bertz CT molecular complexity index is 1030. The summed E-state index contributed by atoms with van der Waals surface area (Å²) in [7, 11) is 1.70. The topological polar surface area (TPSA) is 59.3 Å². The number of hydrogen-bond acceptors (Lipinski definition) is 6. The number of ether oxygens (including phenoxy) is 1. The molecule has 0 N–H and O–H groups in total. The molecule has 0 amide bonds. The molecule has 0 bridgehead atoms. The molecule has 1 aliphatic heterocycles. The number of tetrazole rings is 1. The van der Waals surface area contributed by atoms with Gasteiger partial charge in [-0.25, -0.2) is 9.07 Å². The van der Waals surface area contributed by atoms with Gasteiger partial charge in [-0.1, -0.05) is 31.2 Å². The van der Waals surface area contributed by atoms with E-state index < -0.39 is 0 Å². The number of hydrogen-bond donors (Lipinski definition) is 0. The number of para-hydroxylation sites is 2. The molecule has 1 aliphatic rings. The summed E-state index contributed by atoms with van der Waals surface area (Å²) in [6, 6.07) is 14.6. The number of halogens is 1.